The van der Waals surface area contributed by atoms with Crippen molar-refractivity contribution < 1.29 is 14.3 Å². The number of amides is 1. The van der Waals surface area contributed by atoms with Crippen LogP contribution < -0.4 is 4.74 Å². The number of aryl methyl sites for hydroxylation is 1. The summed E-state index contributed by atoms with van der Waals surface area (Å²) in [6.45, 7) is 10.0. The molecular weight excluding hydrogens is 364 g/mol. The van der Waals surface area contributed by atoms with Crippen LogP contribution in [0.1, 0.15) is 57.1 Å². The fraction of sp³-hybridized carbons (Fsp3) is 0.708. The standard InChI is InChI=1S/C24H38N2O3/c1-3-12-25(13-5-6-14-26-15-7-16-28-19-24(26)27)22-10-8-21-18-23(29-4-2)11-9-20(21)17-22/h9,11,18,22H,3-8,10,12-17,19H2,1-2H3. The molecule has 1 aromatic rings. The van der Waals surface area contributed by atoms with Crippen molar-refractivity contribution in [2.24, 2.45) is 0 Å². The molecule has 29 heavy (non-hydrogen) atoms. The summed E-state index contributed by atoms with van der Waals surface area (Å²) in [4.78, 5) is 16.7. The van der Waals surface area contributed by atoms with Gasteiger partial charge in [-0.3, -0.25) is 4.79 Å². The van der Waals surface area contributed by atoms with E-state index in [0.29, 0.717) is 12.6 Å². The number of fused-ring (bicyclic) bond motifs is 1. The number of nitrogens with zero attached hydrogens (tertiary/aromatic N) is 2. The number of benzene rings is 1. The maximum atomic E-state index is 12.1. The second kappa shape index (κ2) is 11.6. The number of hydrogen-bond donors (Lipinski definition) is 0. The molecule has 1 heterocycles. The van der Waals surface area contributed by atoms with E-state index in [2.05, 4.69) is 30.0 Å². The van der Waals surface area contributed by atoms with Crippen molar-refractivity contribution in [1.82, 2.24) is 9.80 Å². The summed E-state index contributed by atoms with van der Waals surface area (Å²) < 4.78 is 11.0. The van der Waals surface area contributed by atoms with Crippen LogP contribution in [0.3, 0.4) is 0 Å². The molecule has 3 rings (SSSR count). The minimum atomic E-state index is 0.156. The Morgan fingerprint density at radius 1 is 1.21 bits per heavy atom. The van der Waals surface area contributed by atoms with Crippen molar-refractivity contribution in [2.45, 2.75) is 64.8 Å². The summed E-state index contributed by atoms with van der Waals surface area (Å²) in [7, 11) is 0. The highest BCUT2D eigenvalue weighted by Gasteiger charge is 2.24. The fourth-order valence-corrected chi connectivity index (χ4v) is 4.63. The highest BCUT2D eigenvalue weighted by Crippen LogP contribution is 2.28. The zero-order valence-electron chi connectivity index (χ0n) is 18.3. The lowest BCUT2D eigenvalue weighted by atomic mass is 9.87. The summed E-state index contributed by atoms with van der Waals surface area (Å²) in [5, 5.41) is 0. The van der Waals surface area contributed by atoms with Crippen LogP contribution in [0.15, 0.2) is 18.2 Å². The molecule has 1 unspecified atom stereocenters. The summed E-state index contributed by atoms with van der Waals surface area (Å²) in [6.07, 6.45) is 7.89. The van der Waals surface area contributed by atoms with Gasteiger partial charge in [0.2, 0.25) is 5.91 Å². The van der Waals surface area contributed by atoms with Crippen molar-refractivity contribution in [3.8, 4) is 5.75 Å². The lowest BCUT2D eigenvalue weighted by molar-refractivity contribution is -0.133. The number of rotatable bonds is 10. The first kappa shape index (κ1) is 22.1. The lowest BCUT2D eigenvalue weighted by Gasteiger charge is -2.35. The summed E-state index contributed by atoms with van der Waals surface area (Å²) >= 11 is 0. The average Bonchev–Trinajstić information content (AvgIpc) is 2.94. The van der Waals surface area contributed by atoms with Gasteiger partial charge in [0, 0.05) is 25.7 Å². The molecule has 0 bridgehead atoms. The van der Waals surface area contributed by atoms with E-state index >= 15 is 0 Å². The topological polar surface area (TPSA) is 42.0 Å². The lowest BCUT2D eigenvalue weighted by Crippen LogP contribution is -2.41. The molecule has 1 atom stereocenters. The Bertz CT molecular complexity index is 649. The molecule has 1 aromatic carbocycles. The molecule has 1 aliphatic carbocycles. The molecule has 0 saturated carbocycles. The van der Waals surface area contributed by atoms with Gasteiger partial charge in [0.05, 0.1) is 6.61 Å². The van der Waals surface area contributed by atoms with E-state index < -0.39 is 0 Å². The molecule has 0 radical (unpaired) electrons. The van der Waals surface area contributed by atoms with E-state index in [-0.39, 0.29) is 12.5 Å². The maximum absolute atomic E-state index is 12.1. The Labute approximate surface area is 176 Å². The Kier molecular flexibility index (Phi) is 8.81. The predicted molar refractivity (Wildman–Crippen MR) is 117 cm³/mol. The minimum absolute atomic E-state index is 0.156. The second-order valence-electron chi connectivity index (χ2n) is 8.29. The first-order valence-electron chi connectivity index (χ1n) is 11.6. The third kappa shape index (κ3) is 6.45. The second-order valence-corrected chi connectivity index (χ2v) is 8.29. The van der Waals surface area contributed by atoms with E-state index in [1.54, 1.807) is 0 Å². The molecule has 1 fully saturated rings. The van der Waals surface area contributed by atoms with Crippen molar-refractivity contribution in [2.75, 3.05) is 46.0 Å². The highest BCUT2D eigenvalue weighted by atomic mass is 16.5. The molecule has 1 aliphatic heterocycles. The first-order chi connectivity index (χ1) is 14.2. The minimum Gasteiger partial charge on any atom is -0.494 e. The van der Waals surface area contributed by atoms with Gasteiger partial charge in [0.15, 0.2) is 0 Å². The van der Waals surface area contributed by atoms with Crippen LogP contribution in [0, 0.1) is 0 Å². The van der Waals surface area contributed by atoms with Gasteiger partial charge < -0.3 is 19.3 Å². The number of carbonyl (C=O) groups is 1. The van der Waals surface area contributed by atoms with Crippen LogP contribution in [0.2, 0.25) is 0 Å². The van der Waals surface area contributed by atoms with Crippen LogP contribution in [0.5, 0.6) is 5.75 Å². The van der Waals surface area contributed by atoms with E-state index in [9.17, 15) is 4.79 Å². The van der Waals surface area contributed by atoms with Gasteiger partial charge >= 0.3 is 0 Å². The summed E-state index contributed by atoms with van der Waals surface area (Å²) in [5.74, 6) is 1.16. The maximum Gasteiger partial charge on any atom is 0.248 e. The molecule has 162 valence electrons. The zero-order valence-corrected chi connectivity index (χ0v) is 18.3. The molecule has 2 aliphatic rings. The van der Waals surface area contributed by atoms with Crippen LogP contribution in [-0.4, -0.2) is 67.7 Å². The molecule has 1 amide bonds. The van der Waals surface area contributed by atoms with Crippen molar-refractivity contribution >= 4 is 5.91 Å². The van der Waals surface area contributed by atoms with Gasteiger partial charge in [-0.2, -0.15) is 0 Å². The van der Waals surface area contributed by atoms with Crippen LogP contribution >= 0.6 is 0 Å². The number of unbranched alkanes of at least 4 members (excludes halogenated alkanes) is 1. The van der Waals surface area contributed by atoms with Crippen LogP contribution in [-0.2, 0) is 22.4 Å². The number of hydrogen-bond acceptors (Lipinski definition) is 4. The van der Waals surface area contributed by atoms with Crippen molar-refractivity contribution in [3.05, 3.63) is 29.3 Å². The first-order valence-corrected chi connectivity index (χ1v) is 11.6. The zero-order chi connectivity index (χ0) is 20.5. The molecule has 5 nitrogen and oxygen atoms in total. The number of carbonyl (C=O) groups excluding carboxylic acids is 1. The Balaban J connectivity index is 1.48. The molecule has 0 N–H and O–H groups in total. The molecule has 0 spiro atoms. The Hall–Kier alpha value is -1.59. The van der Waals surface area contributed by atoms with Crippen LogP contribution in [0.25, 0.3) is 0 Å². The molecule has 5 heteroatoms. The van der Waals surface area contributed by atoms with Gasteiger partial charge in [0.25, 0.3) is 0 Å². The van der Waals surface area contributed by atoms with Crippen molar-refractivity contribution in [1.29, 1.82) is 0 Å². The Morgan fingerprint density at radius 3 is 2.93 bits per heavy atom. The largest absolute Gasteiger partial charge is 0.494 e. The predicted octanol–water partition coefficient (Wildman–Crippen LogP) is 3.68. The smallest absolute Gasteiger partial charge is 0.248 e. The summed E-state index contributed by atoms with van der Waals surface area (Å²) in [5.41, 5.74) is 2.95. The van der Waals surface area contributed by atoms with Gasteiger partial charge in [-0.15, -0.1) is 0 Å². The molecule has 0 aromatic heterocycles. The average molecular weight is 403 g/mol. The van der Waals surface area contributed by atoms with Crippen molar-refractivity contribution in [3.63, 3.8) is 0 Å². The Morgan fingerprint density at radius 2 is 2.10 bits per heavy atom. The fourth-order valence-electron chi connectivity index (χ4n) is 4.63. The monoisotopic (exact) mass is 402 g/mol. The van der Waals surface area contributed by atoms with Crippen LogP contribution in [0.4, 0.5) is 0 Å². The van der Waals surface area contributed by atoms with E-state index in [4.69, 9.17) is 9.47 Å². The highest BCUT2D eigenvalue weighted by molar-refractivity contribution is 5.77. The van der Waals surface area contributed by atoms with E-state index in [1.165, 1.54) is 24.0 Å². The third-order valence-corrected chi connectivity index (χ3v) is 6.14. The van der Waals surface area contributed by atoms with Gasteiger partial charge in [-0.25, -0.2) is 0 Å². The van der Waals surface area contributed by atoms with E-state index in [1.807, 2.05) is 11.8 Å². The number of ether oxygens (including phenoxy) is 2. The SMILES string of the molecule is CCCN(CCCCN1CCCOCC1=O)C1CCc2cc(OCC)ccc2C1. The third-order valence-electron chi connectivity index (χ3n) is 6.14. The molecule has 1 saturated heterocycles. The normalized spacial score (nSPS) is 19.9. The van der Waals surface area contributed by atoms with Gasteiger partial charge in [0.1, 0.15) is 12.4 Å². The van der Waals surface area contributed by atoms with Gasteiger partial charge in [-0.05, 0) is 88.2 Å². The summed E-state index contributed by atoms with van der Waals surface area (Å²) in [6, 6.07) is 7.26. The van der Waals surface area contributed by atoms with Gasteiger partial charge in [-0.1, -0.05) is 13.0 Å². The van der Waals surface area contributed by atoms with E-state index in [0.717, 1.165) is 70.6 Å². The molecular formula is C24H38N2O3. The quantitative estimate of drug-likeness (QED) is 0.560.